The van der Waals surface area contributed by atoms with E-state index in [1.54, 1.807) is 0 Å². The zero-order valence-corrected chi connectivity index (χ0v) is 19.9. The van der Waals surface area contributed by atoms with Crippen LogP contribution in [0.3, 0.4) is 0 Å². The van der Waals surface area contributed by atoms with Gasteiger partial charge in [-0.25, -0.2) is 0 Å². The Morgan fingerprint density at radius 1 is 0.714 bits per heavy atom. The Bertz CT molecular complexity index is 606. The standard InChI is InChI=1S/C22H40O13/c1-31-14(25)8-6-4-2-3-5-7-9-32-21-19(30)20(16(27)13(11-24)33-21)35-22-18(29)17(28)15(26)12(10-23)34-22/h12-13,15-24,26-30H,2-11H2,1H3/t12-,13-,15-,16-,17+,18-,19+,20+,21+,22+/m1/s1. The van der Waals surface area contributed by atoms with Crippen molar-refractivity contribution >= 4 is 5.97 Å². The Hall–Kier alpha value is -0.970. The molecular formula is C22H40O13. The summed E-state index contributed by atoms with van der Waals surface area (Å²) in [5, 5.41) is 70.1. The van der Waals surface area contributed by atoms with Gasteiger partial charge in [0.1, 0.15) is 48.8 Å². The van der Waals surface area contributed by atoms with Crippen LogP contribution < -0.4 is 0 Å². The molecule has 7 N–H and O–H groups in total. The van der Waals surface area contributed by atoms with Gasteiger partial charge >= 0.3 is 5.97 Å². The van der Waals surface area contributed by atoms with Gasteiger partial charge in [0, 0.05) is 13.0 Å². The fraction of sp³-hybridized carbons (Fsp3) is 0.955. The molecule has 0 aromatic rings. The average molecular weight is 513 g/mol. The first-order chi connectivity index (χ1) is 16.7. The Morgan fingerprint density at radius 3 is 1.91 bits per heavy atom. The van der Waals surface area contributed by atoms with Crippen LogP contribution in [0.5, 0.6) is 0 Å². The number of hydrogen-bond donors (Lipinski definition) is 7. The van der Waals surface area contributed by atoms with Crippen molar-refractivity contribution in [3.63, 3.8) is 0 Å². The number of methoxy groups -OCH3 is 1. The predicted molar refractivity (Wildman–Crippen MR) is 117 cm³/mol. The molecule has 10 atom stereocenters. The molecule has 0 aliphatic carbocycles. The van der Waals surface area contributed by atoms with E-state index in [0.29, 0.717) is 12.8 Å². The number of carbonyl (C=O) groups excluding carboxylic acids is 1. The van der Waals surface area contributed by atoms with E-state index >= 15 is 0 Å². The SMILES string of the molecule is COC(=O)CCCCCCCCO[C@H]1O[C@H](CO)[C@@H](O)[C@H](O[C@@H]2O[C@H](CO)[C@@H](O)[C@H](O)[C@H]2O)[C@@H]1O. The van der Waals surface area contributed by atoms with Gasteiger partial charge in [0.2, 0.25) is 0 Å². The van der Waals surface area contributed by atoms with Crippen molar-refractivity contribution in [1.29, 1.82) is 0 Å². The normalized spacial score (nSPS) is 37.8. The molecule has 2 aliphatic rings. The molecular weight excluding hydrogens is 472 g/mol. The third kappa shape index (κ3) is 8.54. The van der Waals surface area contributed by atoms with Crippen molar-refractivity contribution in [1.82, 2.24) is 0 Å². The van der Waals surface area contributed by atoms with Gasteiger partial charge in [-0.15, -0.1) is 0 Å². The van der Waals surface area contributed by atoms with Crippen LogP contribution in [0.25, 0.3) is 0 Å². The number of aliphatic hydroxyl groups is 7. The van der Waals surface area contributed by atoms with Crippen molar-refractivity contribution in [3.05, 3.63) is 0 Å². The van der Waals surface area contributed by atoms with Crippen molar-refractivity contribution in [2.75, 3.05) is 26.9 Å². The summed E-state index contributed by atoms with van der Waals surface area (Å²) in [6.45, 7) is -1.04. The predicted octanol–water partition coefficient (Wildman–Crippen LogP) is -2.47. The Labute approximate surface area is 204 Å². The Kier molecular flexibility index (Phi) is 13.2. The lowest BCUT2D eigenvalue weighted by molar-refractivity contribution is -0.360. The van der Waals surface area contributed by atoms with E-state index < -0.39 is 74.6 Å². The molecule has 0 radical (unpaired) electrons. The monoisotopic (exact) mass is 512 g/mol. The summed E-state index contributed by atoms with van der Waals surface area (Å²) in [6, 6.07) is 0. The van der Waals surface area contributed by atoms with Gasteiger partial charge in [-0.1, -0.05) is 25.7 Å². The van der Waals surface area contributed by atoms with E-state index in [2.05, 4.69) is 4.74 Å². The van der Waals surface area contributed by atoms with Crippen LogP contribution in [0.2, 0.25) is 0 Å². The maximum atomic E-state index is 11.1. The molecule has 0 unspecified atom stereocenters. The van der Waals surface area contributed by atoms with E-state index in [1.165, 1.54) is 7.11 Å². The molecule has 0 saturated carbocycles. The smallest absolute Gasteiger partial charge is 0.305 e. The van der Waals surface area contributed by atoms with E-state index in [4.69, 9.17) is 18.9 Å². The van der Waals surface area contributed by atoms with Gasteiger partial charge < -0.3 is 59.4 Å². The topological polar surface area (TPSA) is 205 Å². The second-order valence-corrected chi connectivity index (χ2v) is 8.82. The number of rotatable bonds is 14. The van der Waals surface area contributed by atoms with Crippen molar-refractivity contribution in [3.8, 4) is 0 Å². The fourth-order valence-corrected chi connectivity index (χ4v) is 4.07. The Morgan fingerprint density at radius 2 is 1.29 bits per heavy atom. The molecule has 0 amide bonds. The number of unbranched alkanes of at least 4 members (excludes halogenated alkanes) is 5. The van der Waals surface area contributed by atoms with E-state index in [9.17, 15) is 40.5 Å². The minimum absolute atomic E-state index is 0.218. The molecule has 2 rings (SSSR count). The highest BCUT2D eigenvalue weighted by molar-refractivity contribution is 5.68. The highest BCUT2D eigenvalue weighted by Crippen LogP contribution is 2.29. The van der Waals surface area contributed by atoms with Crippen LogP contribution >= 0.6 is 0 Å². The van der Waals surface area contributed by atoms with Crippen LogP contribution in [0.1, 0.15) is 44.9 Å². The lowest BCUT2D eigenvalue weighted by Gasteiger charge is -2.45. The van der Waals surface area contributed by atoms with Gasteiger partial charge in [0.25, 0.3) is 0 Å². The molecule has 0 aromatic heterocycles. The lowest BCUT2D eigenvalue weighted by atomic mass is 9.97. The number of hydrogen-bond acceptors (Lipinski definition) is 13. The summed E-state index contributed by atoms with van der Waals surface area (Å²) in [7, 11) is 1.36. The number of ether oxygens (including phenoxy) is 5. The molecule has 206 valence electrons. The van der Waals surface area contributed by atoms with Crippen LogP contribution in [-0.2, 0) is 28.5 Å². The minimum atomic E-state index is -1.73. The average Bonchev–Trinajstić information content (AvgIpc) is 2.86. The Balaban J connectivity index is 1.82. The zero-order valence-electron chi connectivity index (χ0n) is 19.9. The molecule has 13 nitrogen and oxygen atoms in total. The first-order valence-corrected chi connectivity index (χ1v) is 12.0. The van der Waals surface area contributed by atoms with E-state index in [0.717, 1.165) is 32.1 Å². The van der Waals surface area contributed by atoms with Crippen LogP contribution in [0.15, 0.2) is 0 Å². The largest absolute Gasteiger partial charge is 0.469 e. The first-order valence-electron chi connectivity index (χ1n) is 12.0. The van der Waals surface area contributed by atoms with Crippen LogP contribution in [-0.4, -0.2) is 130 Å². The van der Waals surface area contributed by atoms with Crippen LogP contribution in [0.4, 0.5) is 0 Å². The molecule has 0 spiro atoms. The number of carbonyl (C=O) groups is 1. The number of esters is 1. The van der Waals surface area contributed by atoms with Crippen molar-refractivity contribution in [2.24, 2.45) is 0 Å². The highest BCUT2D eigenvalue weighted by atomic mass is 16.7. The third-order valence-corrected chi connectivity index (χ3v) is 6.25. The van der Waals surface area contributed by atoms with Gasteiger partial charge in [-0.2, -0.15) is 0 Å². The lowest BCUT2D eigenvalue weighted by Crippen LogP contribution is -2.64. The second kappa shape index (κ2) is 15.3. The quantitative estimate of drug-likeness (QED) is 0.0953. The summed E-state index contributed by atoms with van der Waals surface area (Å²) in [6.07, 6.45) is -9.24. The third-order valence-electron chi connectivity index (χ3n) is 6.25. The van der Waals surface area contributed by atoms with E-state index in [1.807, 2.05) is 0 Å². The molecule has 0 bridgehead atoms. The maximum absolute atomic E-state index is 11.1. The van der Waals surface area contributed by atoms with Crippen molar-refractivity contribution < 1.29 is 64.2 Å². The summed E-state index contributed by atoms with van der Waals surface area (Å²) < 4.78 is 26.5. The van der Waals surface area contributed by atoms with Gasteiger partial charge in [-0.05, 0) is 12.8 Å². The van der Waals surface area contributed by atoms with Crippen molar-refractivity contribution in [2.45, 2.75) is 106 Å². The summed E-state index contributed by atoms with van der Waals surface area (Å²) >= 11 is 0. The van der Waals surface area contributed by atoms with Crippen LogP contribution in [0, 0.1) is 0 Å². The summed E-state index contributed by atoms with van der Waals surface area (Å²) in [5.41, 5.74) is 0. The molecule has 13 heteroatoms. The molecule has 2 aliphatic heterocycles. The molecule has 2 heterocycles. The second-order valence-electron chi connectivity index (χ2n) is 8.82. The summed E-state index contributed by atoms with van der Waals surface area (Å²) in [5.74, 6) is -0.218. The molecule has 35 heavy (non-hydrogen) atoms. The molecule has 0 aromatic carbocycles. The zero-order chi connectivity index (χ0) is 26.0. The maximum Gasteiger partial charge on any atom is 0.305 e. The summed E-state index contributed by atoms with van der Waals surface area (Å²) in [4.78, 5) is 11.1. The van der Waals surface area contributed by atoms with E-state index in [-0.39, 0.29) is 12.6 Å². The molecule has 2 fully saturated rings. The number of aliphatic hydroxyl groups excluding tert-OH is 7. The minimum Gasteiger partial charge on any atom is -0.469 e. The van der Waals surface area contributed by atoms with Gasteiger partial charge in [-0.3, -0.25) is 4.79 Å². The van der Waals surface area contributed by atoms with Gasteiger partial charge in [0.15, 0.2) is 12.6 Å². The first kappa shape index (κ1) is 30.3. The fourth-order valence-electron chi connectivity index (χ4n) is 4.07. The molecule has 2 saturated heterocycles. The highest BCUT2D eigenvalue weighted by Gasteiger charge is 2.50. The van der Waals surface area contributed by atoms with Gasteiger partial charge in [0.05, 0.1) is 20.3 Å².